The Kier molecular flexibility index (Phi) is 5.06. The van der Waals surface area contributed by atoms with Gasteiger partial charge in [-0.05, 0) is 75.5 Å². The van der Waals surface area contributed by atoms with E-state index < -0.39 is 10.8 Å². The Labute approximate surface area is 202 Å². The minimum Gasteiger partial charge on any atom is -0.394 e. The van der Waals surface area contributed by atoms with Crippen molar-refractivity contribution in [2.24, 2.45) is 5.92 Å². The molecule has 2 aliphatic carbocycles. The maximum absolute atomic E-state index is 13.3. The Morgan fingerprint density at radius 1 is 1.21 bits per heavy atom. The smallest absolute Gasteiger partial charge is 0.227 e. The monoisotopic (exact) mass is 486 g/mol. The van der Waals surface area contributed by atoms with Gasteiger partial charge in [0.15, 0.2) is 0 Å². The number of piperidine rings is 1. The first-order valence-electron chi connectivity index (χ1n) is 12.0. The summed E-state index contributed by atoms with van der Waals surface area (Å²) in [6.45, 7) is 5.07. The van der Waals surface area contributed by atoms with E-state index in [2.05, 4.69) is 22.3 Å². The average molecular weight is 487 g/mol. The van der Waals surface area contributed by atoms with Gasteiger partial charge in [0.1, 0.15) is 10.7 Å². The minimum absolute atomic E-state index is 0.0638. The first-order valence-corrected chi connectivity index (χ1v) is 13.6. The molecule has 1 aromatic heterocycles. The number of benzene rings is 1. The lowest BCUT2D eigenvalue weighted by molar-refractivity contribution is 0.143. The van der Waals surface area contributed by atoms with Crippen LogP contribution in [0, 0.1) is 5.92 Å². The summed E-state index contributed by atoms with van der Waals surface area (Å²) in [5, 5.41) is 14.3. The summed E-state index contributed by atoms with van der Waals surface area (Å²) in [5.74, 6) is 2.55. The van der Waals surface area contributed by atoms with Gasteiger partial charge in [0.2, 0.25) is 5.95 Å². The van der Waals surface area contributed by atoms with Crippen molar-refractivity contribution in [3.63, 3.8) is 0 Å². The SMILES string of the molecule is CC1(C)Cc2nc(N3CC4CC3CC4c3ccc(Cl)cc3)nc(NC3(CO)CCC3)c2S1=O. The van der Waals surface area contributed by atoms with E-state index in [4.69, 9.17) is 21.6 Å². The van der Waals surface area contributed by atoms with Crippen LogP contribution in [0.25, 0.3) is 0 Å². The predicted octanol–water partition coefficient (Wildman–Crippen LogP) is 4.28. The highest BCUT2D eigenvalue weighted by molar-refractivity contribution is 7.87. The van der Waals surface area contributed by atoms with Crippen molar-refractivity contribution in [1.29, 1.82) is 0 Å². The van der Waals surface area contributed by atoms with E-state index in [9.17, 15) is 9.32 Å². The van der Waals surface area contributed by atoms with Gasteiger partial charge < -0.3 is 15.3 Å². The Morgan fingerprint density at radius 3 is 2.58 bits per heavy atom. The van der Waals surface area contributed by atoms with Crippen LogP contribution in [0.1, 0.15) is 63.1 Å². The molecule has 2 bridgehead atoms. The summed E-state index contributed by atoms with van der Waals surface area (Å²) in [4.78, 5) is 13.0. The molecule has 2 aromatic rings. The van der Waals surface area contributed by atoms with Gasteiger partial charge in [0.25, 0.3) is 0 Å². The zero-order valence-electron chi connectivity index (χ0n) is 19.2. The Morgan fingerprint density at radius 2 is 1.97 bits per heavy atom. The maximum Gasteiger partial charge on any atom is 0.227 e. The van der Waals surface area contributed by atoms with E-state index in [-0.39, 0.29) is 16.9 Å². The molecule has 8 heteroatoms. The molecular weight excluding hydrogens is 456 g/mol. The van der Waals surface area contributed by atoms with Crippen molar-refractivity contribution in [1.82, 2.24) is 9.97 Å². The number of aromatic nitrogens is 2. The number of nitrogens with one attached hydrogen (secondary N) is 1. The van der Waals surface area contributed by atoms with Crippen LogP contribution in [0.2, 0.25) is 5.02 Å². The molecule has 3 fully saturated rings. The quantitative estimate of drug-likeness (QED) is 0.656. The Bertz CT molecular complexity index is 1110. The van der Waals surface area contributed by atoms with Crippen molar-refractivity contribution in [3.05, 3.63) is 40.5 Å². The van der Waals surface area contributed by atoms with E-state index in [0.29, 0.717) is 30.1 Å². The second-order valence-electron chi connectivity index (χ2n) is 11.0. The second kappa shape index (κ2) is 7.65. The second-order valence-corrected chi connectivity index (χ2v) is 13.5. The van der Waals surface area contributed by atoms with Gasteiger partial charge in [-0.25, -0.2) is 4.98 Å². The minimum atomic E-state index is -1.18. The van der Waals surface area contributed by atoms with Crippen LogP contribution in [0.3, 0.4) is 0 Å². The van der Waals surface area contributed by atoms with Crippen molar-refractivity contribution in [2.75, 3.05) is 23.4 Å². The molecule has 176 valence electrons. The molecule has 4 atom stereocenters. The lowest BCUT2D eigenvalue weighted by Crippen LogP contribution is -2.49. The summed E-state index contributed by atoms with van der Waals surface area (Å²) < 4.78 is 12.9. The fraction of sp³-hybridized carbons (Fsp3) is 0.600. The van der Waals surface area contributed by atoms with Gasteiger partial charge >= 0.3 is 0 Å². The molecule has 2 saturated carbocycles. The molecule has 3 heterocycles. The number of rotatable bonds is 5. The molecule has 6 nitrogen and oxygen atoms in total. The molecule has 33 heavy (non-hydrogen) atoms. The van der Waals surface area contributed by atoms with Gasteiger partial charge in [-0.3, -0.25) is 4.21 Å². The number of nitrogens with zero attached hydrogens (tertiary/aromatic N) is 3. The van der Waals surface area contributed by atoms with Crippen LogP contribution in [-0.4, -0.2) is 48.8 Å². The molecule has 1 aromatic carbocycles. The first kappa shape index (κ1) is 21.8. The van der Waals surface area contributed by atoms with Crippen molar-refractivity contribution in [3.8, 4) is 0 Å². The average Bonchev–Trinajstić information content (AvgIpc) is 3.43. The molecular formula is C25H31ClN4O2S. The molecule has 6 rings (SSSR count). The van der Waals surface area contributed by atoms with Crippen LogP contribution in [0.5, 0.6) is 0 Å². The maximum atomic E-state index is 13.3. The third-order valence-electron chi connectivity index (χ3n) is 8.30. The highest BCUT2D eigenvalue weighted by atomic mass is 35.5. The summed E-state index contributed by atoms with van der Waals surface area (Å²) in [6, 6.07) is 8.72. The number of aliphatic hydroxyl groups excluding tert-OH is 1. The molecule has 0 radical (unpaired) electrons. The topological polar surface area (TPSA) is 78.3 Å². The Hall–Kier alpha value is -1.70. The number of aliphatic hydroxyl groups is 1. The molecule has 4 aliphatic rings. The van der Waals surface area contributed by atoms with Gasteiger partial charge in [0, 0.05) is 24.0 Å². The van der Waals surface area contributed by atoms with E-state index in [0.717, 1.165) is 60.2 Å². The molecule has 1 saturated heterocycles. The number of anilines is 2. The van der Waals surface area contributed by atoms with Crippen LogP contribution in [-0.2, 0) is 17.2 Å². The predicted molar refractivity (Wildman–Crippen MR) is 132 cm³/mol. The normalized spacial score (nSPS) is 30.8. The third-order valence-corrected chi connectivity index (χ3v) is 10.5. The zero-order chi connectivity index (χ0) is 23.0. The molecule has 2 aliphatic heterocycles. The van der Waals surface area contributed by atoms with E-state index in [1.54, 1.807) is 0 Å². The highest BCUT2D eigenvalue weighted by Gasteiger charge is 2.48. The summed E-state index contributed by atoms with van der Waals surface area (Å²) in [6.07, 6.45) is 5.82. The third kappa shape index (κ3) is 3.50. The standard InChI is InChI=1S/C25H31ClN4O2S/c1-24(2)12-20-21(33(24)32)22(29-25(14-31)8-3-9-25)28-23(27-20)30-13-16-10-18(30)11-19(16)15-4-6-17(26)7-5-15/h4-7,16,18-19,31H,3,8-14H2,1-2H3,(H,27,28,29). The van der Waals surface area contributed by atoms with Crippen LogP contribution < -0.4 is 10.2 Å². The fourth-order valence-electron chi connectivity index (χ4n) is 6.25. The molecule has 4 unspecified atom stereocenters. The summed E-state index contributed by atoms with van der Waals surface area (Å²) in [5.41, 5.74) is 1.92. The largest absolute Gasteiger partial charge is 0.394 e. The van der Waals surface area contributed by atoms with Gasteiger partial charge in [-0.1, -0.05) is 23.7 Å². The van der Waals surface area contributed by atoms with E-state index in [1.807, 2.05) is 26.0 Å². The fourth-order valence-corrected chi connectivity index (χ4v) is 7.80. The molecule has 2 N–H and O–H groups in total. The summed E-state index contributed by atoms with van der Waals surface area (Å²) in [7, 11) is -1.18. The van der Waals surface area contributed by atoms with Crippen molar-refractivity contribution in [2.45, 2.75) is 79.5 Å². The van der Waals surface area contributed by atoms with E-state index in [1.165, 1.54) is 5.56 Å². The van der Waals surface area contributed by atoms with E-state index >= 15 is 0 Å². The Balaban J connectivity index is 1.31. The first-order chi connectivity index (χ1) is 15.8. The lowest BCUT2D eigenvalue weighted by Gasteiger charge is -2.42. The van der Waals surface area contributed by atoms with Gasteiger partial charge in [0.05, 0.1) is 33.4 Å². The van der Waals surface area contributed by atoms with Crippen molar-refractivity contribution < 1.29 is 9.32 Å². The zero-order valence-corrected chi connectivity index (χ0v) is 20.8. The number of hydrogen-bond acceptors (Lipinski definition) is 6. The number of halogens is 1. The number of hydrogen-bond donors (Lipinski definition) is 2. The van der Waals surface area contributed by atoms with Gasteiger partial charge in [-0.2, -0.15) is 4.98 Å². The van der Waals surface area contributed by atoms with Crippen molar-refractivity contribution >= 4 is 34.2 Å². The summed E-state index contributed by atoms with van der Waals surface area (Å²) >= 11 is 6.09. The van der Waals surface area contributed by atoms with Gasteiger partial charge in [-0.15, -0.1) is 0 Å². The molecule has 0 amide bonds. The van der Waals surface area contributed by atoms with Crippen LogP contribution in [0.15, 0.2) is 29.2 Å². The van der Waals surface area contributed by atoms with Crippen LogP contribution in [0.4, 0.5) is 11.8 Å². The molecule has 0 spiro atoms. The number of fused-ring (bicyclic) bond motifs is 3. The van der Waals surface area contributed by atoms with Crippen LogP contribution >= 0.6 is 11.6 Å². The highest BCUT2D eigenvalue weighted by Crippen LogP contribution is 2.49. The lowest BCUT2D eigenvalue weighted by atomic mass is 9.77.